The molecule has 0 aromatic carbocycles. The Morgan fingerprint density at radius 2 is 1.86 bits per heavy atom. The first-order chi connectivity index (χ1) is 10.1. The van der Waals surface area contributed by atoms with Crippen molar-refractivity contribution < 1.29 is 19.1 Å². The van der Waals surface area contributed by atoms with Crippen LogP contribution in [0.5, 0.6) is 0 Å². The predicted molar refractivity (Wildman–Crippen MR) is 77.2 cm³/mol. The number of hydrogen-bond acceptors (Lipinski definition) is 4. The van der Waals surface area contributed by atoms with Crippen molar-refractivity contribution in [3.05, 3.63) is 12.7 Å². The minimum atomic E-state index is -0.799. The smallest absolute Gasteiger partial charge is 0.423 e. The molecule has 5 nitrogen and oxygen atoms in total. The molecule has 5 heteroatoms. The Labute approximate surface area is 125 Å². The summed E-state index contributed by atoms with van der Waals surface area (Å²) in [7, 11) is 0. The van der Waals surface area contributed by atoms with E-state index in [-0.39, 0.29) is 12.8 Å². The second-order valence-electron chi connectivity index (χ2n) is 5.85. The zero-order valence-corrected chi connectivity index (χ0v) is 12.5. The summed E-state index contributed by atoms with van der Waals surface area (Å²) in [5, 5.41) is 0. The first-order valence-corrected chi connectivity index (χ1v) is 7.73. The number of amides is 3. The van der Waals surface area contributed by atoms with Gasteiger partial charge in [-0.05, 0) is 30.6 Å². The van der Waals surface area contributed by atoms with Gasteiger partial charge in [-0.1, -0.05) is 25.8 Å². The highest BCUT2D eigenvalue weighted by molar-refractivity contribution is 6.13. The summed E-state index contributed by atoms with van der Waals surface area (Å²) in [5.41, 5.74) is 0. The van der Waals surface area contributed by atoms with Crippen LogP contribution in [0.4, 0.5) is 4.79 Å². The lowest BCUT2D eigenvalue weighted by molar-refractivity contribution is -0.136. The number of likely N-dealkylation sites (tertiary alicyclic amines) is 1. The maximum atomic E-state index is 11.8. The molecule has 1 aliphatic carbocycles. The van der Waals surface area contributed by atoms with Crippen LogP contribution in [-0.4, -0.2) is 29.4 Å². The number of imide groups is 3. The molecule has 2 aliphatic rings. The standard InChI is InChI=1S/C16H23NO4/c1-3-5-7-12-11(6-4-2)13(12)10-21-16(20)17-14(18)8-9-15(17)19/h3,11-13H,1,4-10H2,2H3/t11-,12+,13-/m1/s1. The molecule has 1 saturated heterocycles. The third-order valence-corrected chi connectivity index (χ3v) is 4.47. The van der Waals surface area contributed by atoms with Crippen molar-refractivity contribution in [3.63, 3.8) is 0 Å². The van der Waals surface area contributed by atoms with E-state index >= 15 is 0 Å². The number of carbonyl (C=O) groups is 3. The van der Waals surface area contributed by atoms with Crippen LogP contribution in [0.1, 0.15) is 45.4 Å². The zero-order valence-electron chi connectivity index (χ0n) is 12.5. The molecule has 3 amide bonds. The van der Waals surface area contributed by atoms with E-state index in [4.69, 9.17) is 4.74 Å². The second-order valence-corrected chi connectivity index (χ2v) is 5.85. The topological polar surface area (TPSA) is 63.7 Å². The van der Waals surface area contributed by atoms with Crippen molar-refractivity contribution in [2.45, 2.75) is 45.4 Å². The molecule has 0 N–H and O–H groups in total. The molecule has 1 aliphatic heterocycles. The molecule has 116 valence electrons. The molecule has 2 fully saturated rings. The molecular weight excluding hydrogens is 270 g/mol. The maximum absolute atomic E-state index is 11.8. The molecule has 1 heterocycles. The van der Waals surface area contributed by atoms with Gasteiger partial charge >= 0.3 is 6.09 Å². The molecule has 0 radical (unpaired) electrons. The Morgan fingerprint density at radius 1 is 1.24 bits per heavy atom. The first-order valence-electron chi connectivity index (χ1n) is 7.73. The van der Waals surface area contributed by atoms with Gasteiger partial charge in [-0.25, -0.2) is 4.79 Å². The van der Waals surface area contributed by atoms with Gasteiger partial charge in [-0.3, -0.25) is 9.59 Å². The number of carbonyl (C=O) groups excluding carboxylic acids is 3. The molecule has 2 rings (SSSR count). The van der Waals surface area contributed by atoms with Gasteiger partial charge in [0.25, 0.3) is 0 Å². The lowest BCUT2D eigenvalue weighted by Gasteiger charge is -2.12. The summed E-state index contributed by atoms with van der Waals surface area (Å²) in [6, 6.07) is 0. The Kier molecular flexibility index (Phi) is 5.15. The van der Waals surface area contributed by atoms with Gasteiger partial charge in [-0.2, -0.15) is 4.90 Å². The summed E-state index contributed by atoms with van der Waals surface area (Å²) in [5.74, 6) is 0.623. The summed E-state index contributed by atoms with van der Waals surface area (Å²) >= 11 is 0. The van der Waals surface area contributed by atoms with Crippen LogP contribution >= 0.6 is 0 Å². The molecule has 0 aromatic rings. The Bertz CT molecular complexity index is 430. The van der Waals surface area contributed by atoms with E-state index < -0.39 is 17.9 Å². The van der Waals surface area contributed by atoms with E-state index in [1.165, 1.54) is 0 Å². The minimum absolute atomic E-state index is 0.109. The Balaban J connectivity index is 1.81. The van der Waals surface area contributed by atoms with Gasteiger partial charge in [0.15, 0.2) is 0 Å². The van der Waals surface area contributed by atoms with E-state index in [2.05, 4.69) is 13.5 Å². The van der Waals surface area contributed by atoms with Crippen molar-refractivity contribution in [3.8, 4) is 0 Å². The third kappa shape index (κ3) is 3.52. The molecule has 0 spiro atoms. The number of ether oxygens (including phenoxy) is 1. The van der Waals surface area contributed by atoms with Crippen LogP contribution in [0.15, 0.2) is 12.7 Å². The lowest BCUT2D eigenvalue weighted by atomic mass is 10.1. The molecule has 21 heavy (non-hydrogen) atoms. The molecule has 0 aromatic heterocycles. The summed E-state index contributed by atoms with van der Waals surface area (Å²) in [6.07, 6.45) is 5.61. The van der Waals surface area contributed by atoms with Crippen LogP contribution in [-0.2, 0) is 14.3 Å². The molecule has 3 atom stereocenters. The number of allylic oxidation sites excluding steroid dienone is 1. The Hall–Kier alpha value is -1.65. The maximum Gasteiger partial charge on any atom is 0.423 e. The van der Waals surface area contributed by atoms with Crippen LogP contribution in [0.2, 0.25) is 0 Å². The van der Waals surface area contributed by atoms with Crippen molar-refractivity contribution >= 4 is 17.9 Å². The van der Waals surface area contributed by atoms with E-state index in [0.717, 1.165) is 25.7 Å². The average Bonchev–Trinajstić information content (AvgIpc) is 3.00. The summed E-state index contributed by atoms with van der Waals surface area (Å²) in [4.78, 5) is 35.4. The van der Waals surface area contributed by atoms with Gasteiger partial charge in [-0.15, -0.1) is 6.58 Å². The fraction of sp³-hybridized carbons (Fsp3) is 0.688. The van der Waals surface area contributed by atoms with E-state index in [1.807, 2.05) is 6.08 Å². The highest BCUT2D eigenvalue weighted by Crippen LogP contribution is 2.52. The van der Waals surface area contributed by atoms with Crippen LogP contribution in [0.25, 0.3) is 0 Å². The quantitative estimate of drug-likeness (QED) is 0.535. The molecular formula is C16H23NO4. The van der Waals surface area contributed by atoms with Crippen molar-refractivity contribution in [1.29, 1.82) is 0 Å². The van der Waals surface area contributed by atoms with Crippen molar-refractivity contribution in [2.24, 2.45) is 17.8 Å². The zero-order chi connectivity index (χ0) is 15.4. The highest BCUT2D eigenvalue weighted by Gasteiger charge is 2.49. The second kappa shape index (κ2) is 6.87. The summed E-state index contributed by atoms with van der Waals surface area (Å²) < 4.78 is 5.20. The highest BCUT2D eigenvalue weighted by atomic mass is 16.6. The number of hydrogen-bond donors (Lipinski definition) is 0. The first kappa shape index (κ1) is 15.7. The van der Waals surface area contributed by atoms with Crippen LogP contribution < -0.4 is 0 Å². The SMILES string of the molecule is C=CCC[C@H]1[C@@H](CCC)[C@H]1COC(=O)N1C(=O)CCC1=O. The largest absolute Gasteiger partial charge is 0.448 e. The van der Waals surface area contributed by atoms with E-state index in [1.54, 1.807) is 0 Å². The van der Waals surface area contributed by atoms with Gasteiger partial charge in [0.2, 0.25) is 11.8 Å². The molecule has 1 saturated carbocycles. The van der Waals surface area contributed by atoms with Crippen molar-refractivity contribution in [2.75, 3.05) is 6.61 Å². The van der Waals surface area contributed by atoms with Crippen LogP contribution in [0.3, 0.4) is 0 Å². The molecule has 0 bridgehead atoms. The van der Waals surface area contributed by atoms with Gasteiger partial charge in [0, 0.05) is 12.8 Å². The number of nitrogens with zero attached hydrogens (tertiary/aromatic N) is 1. The molecule has 0 unspecified atom stereocenters. The fourth-order valence-corrected chi connectivity index (χ4v) is 3.28. The van der Waals surface area contributed by atoms with Gasteiger partial charge < -0.3 is 4.74 Å². The third-order valence-electron chi connectivity index (χ3n) is 4.47. The van der Waals surface area contributed by atoms with E-state index in [9.17, 15) is 14.4 Å². The fourth-order valence-electron chi connectivity index (χ4n) is 3.28. The van der Waals surface area contributed by atoms with Gasteiger partial charge in [0.1, 0.15) is 0 Å². The lowest BCUT2D eigenvalue weighted by Crippen LogP contribution is -2.36. The summed E-state index contributed by atoms with van der Waals surface area (Å²) in [6.45, 7) is 6.19. The van der Waals surface area contributed by atoms with Crippen LogP contribution in [0, 0.1) is 17.8 Å². The number of rotatable bonds is 7. The van der Waals surface area contributed by atoms with Gasteiger partial charge in [0.05, 0.1) is 6.61 Å². The average molecular weight is 293 g/mol. The van der Waals surface area contributed by atoms with Crippen molar-refractivity contribution in [1.82, 2.24) is 4.90 Å². The Morgan fingerprint density at radius 3 is 2.43 bits per heavy atom. The predicted octanol–water partition coefficient (Wildman–Crippen LogP) is 2.90. The van der Waals surface area contributed by atoms with E-state index in [0.29, 0.717) is 29.3 Å². The minimum Gasteiger partial charge on any atom is -0.448 e. The monoisotopic (exact) mass is 293 g/mol. The normalized spacial score (nSPS) is 27.9.